The summed E-state index contributed by atoms with van der Waals surface area (Å²) in [5.41, 5.74) is 2.56. The maximum absolute atomic E-state index is 10.6. The molecule has 0 amide bonds. The molecule has 1 atom stereocenters. The van der Waals surface area contributed by atoms with Gasteiger partial charge in [-0.15, -0.1) is 0 Å². The maximum Gasteiger partial charge on any atom is 0.490 e. The Hall–Kier alpha value is -4.04. The molecule has 0 radical (unpaired) electrons. The van der Waals surface area contributed by atoms with E-state index in [4.69, 9.17) is 39.2 Å². The summed E-state index contributed by atoms with van der Waals surface area (Å²) in [6.07, 6.45) is -5.68. The number of aromatic nitrogens is 2. The minimum absolute atomic E-state index is 0.0626. The second kappa shape index (κ2) is 17.6. The number of alkyl halides is 9. The van der Waals surface area contributed by atoms with E-state index in [1.165, 1.54) is 11.1 Å². The van der Waals surface area contributed by atoms with Crippen molar-refractivity contribution in [3.63, 3.8) is 0 Å². The summed E-state index contributed by atoms with van der Waals surface area (Å²) >= 11 is 0. The van der Waals surface area contributed by atoms with E-state index < -0.39 is 36.4 Å². The minimum Gasteiger partial charge on any atom is -0.475 e. The third-order valence-electron chi connectivity index (χ3n) is 6.09. The second-order valence-electron chi connectivity index (χ2n) is 9.50. The first kappa shape index (κ1) is 40.0. The maximum atomic E-state index is 10.6. The highest BCUT2D eigenvalue weighted by Gasteiger charge is 2.52. The summed E-state index contributed by atoms with van der Waals surface area (Å²) in [5, 5.41) is 21.4. The lowest BCUT2D eigenvalue weighted by Crippen LogP contribution is -2.64. The molecule has 0 bridgehead atoms. The lowest BCUT2D eigenvalue weighted by molar-refractivity contribution is -0.193. The Morgan fingerprint density at radius 1 is 0.783 bits per heavy atom. The van der Waals surface area contributed by atoms with Crippen LogP contribution in [0.5, 0.6) is 0 Å². The third kappa shape index (κ3) is 14.8. The quantitative estimate of drug-likeness (QED) is 0.278. The second-order valence-corrected chi connectivity index (χ2v) is 9.50. The molecular formula is C26H28F9N3O8. The Kier molecular flexibility index (Phi) is 15.3. The molecule has 4 rings (SSSR count). The molecule has 20 heteroatoms. The van der Waals surface area contributed by atoms with Crippen molar-refractivity contribution in [2.24, 2.45) is 5.92 Å². The molecule has 46 heavy (non-hydrogen) atoms. The Morgan fingerprint density at radius 3 is 1.57 bits per heavy atom. The zero-order valence-electron chi connectivity index (χ0n) is 23.5. The van der Waals surface area contributed by atoms with Crippen LogP contribution < -0.4 is 0 Å². The van der Waals surface area contributed by atoms with Crippen molar-refractivity contribution in [3.05, 3.63) is 60.2 Å². The van der Waals surface area contributed by atoms with E-state index in [0.717, 1.165) is 45.7 Å². The van der Waals surface area contributed by atoms with Crippen molar-refractivity contribution in [3.8, 4) is 0 Å². The van der Waals surface area contributed by atoms with Gasteiger partial charge in [0.15, 0.2) is 0 Å². The molecule has 2 saturated heterocycles. The number of nitrogens with zero attached hydrogens (tertiary/aromatic N) is 3. The van der Waals surface area contributed by atoms with E-state index >= 15 is 0 Å². The van der Waals surface area contributed by atoms with E-state index in [-0.39, 0.29) is 5.60 Å². The topological polar surface area (TPSA) is 159 Å². The summed E-state index contributed by atoms with van der Waals surface area (Å²) in [6, 6.07) is 8.18. The average molecular weight is 682 g/mol. The fraction of sp³-hybridized carbons (Fsp3) is 0.500. The van der Waals surface area contributed by atoms with Crippen LogP contribution in [0.1, 0.15) is 24.0 Å². The van der Waals surface area contributed by atoms with E-state index in [9.17, 15) is 39.5 Å². The third-order valence-corrected chi connectivity index (χ3v) is 6.09. The summed E-state index contributed by atoms with van der Waals surface area (Å²) < 4.78 is 107. The van der Waals surface area contributed by atoms with Crippen LogP contribution in [0.15, 0.2) is 49.1 Å². The van der Waals surface area contributed by atoms with Crippen LogP contribution in [0.2, 0.25) is 0 Å². The number of rotatable bonds is 7. The molecule has 2 fully saturated rings. The molecule has 2 aliphatic heterocycles. The number of hydrogen-bond donors (Lipinski definition) is 3. The van der Waals surface area contributed by atoms with E-state index in [1.807, 2.05) is 36.9 Å². The van der Waals surface area contributed by atoms with Gasteiger partial charge in [0.1, 0.15) is 0 Å². The number of likely N-dealkylation sites (tertiary alicyclic amines) is 1. The van der Waals surface area contributed by atoms with Crippen LogP contribution in [0.3, 0.4) is 0 Å². The van der Waals surface area contributed by atoms with Crippen molar-refractivity contribution in [2.45, 2.75) is 50.1 Å². The zero-order valence-corrected chi connectivity index (χ0v) is 23.5. The van der Waals surface area contributed by atoms with Gasteiger partial charge in [0.05, 0.1) is 12.2 Å². The Labute approximate surface area is 254 Å². The molecule has 2 aliphatic rings. The Balaban J connectivity index is 0.000000413. The van der Waals surface area contributed by atoms with Crippen LogP contribution in [0.4, 0.5) is 39.5 Å². The predicted molar refractivity (Wildman–Crippen MR) is 136 cm³/mol. The number of carboxylic acids is 3. The number of halogens is 9. The van der Waals surface area contributed by atoms with Crippen molar-refractivity contribution in [1.82, 2.24) is 14.9 Å². The molecular weight excluding hydrogens is 653 g/mol. The van der Waals surface area contributed by atoms with Gasteiger partial charge in [0, 0.05) is 57.6 Å². The molecule has 258 valence electrons. The smallest absolute Gasteiger partial charge is 0.475 e. The number of aliphatic carboxylic acids is 3. The van der Waals surface area contributed by atoms with Gasteiger partial charge >= 0.3 is 36.4 Å². The molecule has 1 unspecified atom stereocenters. The van der Waals surface area contributed by atoms with Gasteiger partial charge in [-0.05, 0) is 54.2 Å². The Morgan fingerprint density at radius 2 is 1.17 bits per heavy atom. The standard InChI is InChI=1S/C20H25N3O2.3C2HF3O2/c1-7-21-8-2-17(1)13-23-15-20(16-23)19(6-12-25-20)5-11-24-14-18-3-9-22-10-4-18;3*3-2(4,5)1(6)7/h1-4,7-10,19H,5-6,11-16H2;3*(H,6,7). The fourth-order valence-electron chi connectivity index (χ4n) is 4.01. The van der Waals surface area contributed by atoms with E-state index in [0.29, 0.717) is 12.5 Å². The lowest BCUT2D eigenvalue weighted by Gasteiger charge is -2.50. The molecule has 2 aromatic heterocycles. The number of carbonyl (C=O) groups is 3. The summed E-state index contributed by atoms with van der Waals surface area (Å²) in [5.74, 6) is -7.66. The SMILES string of the molecule is O=C(O)C(F)(F)F.O=C(O)C(F)(F)F.O=C(O)C(F)(F)F.c1cc(COCCC2CCOC23CN(Cc2ccncc2)C3)ccn1. The van der Waals surface area contributed by atoms with E-state index in [2.05, 4.69) is 27.0 Å². The number of ether oxygens (including phenoxy) is 2. The van der Waals surface area contributed by atoms with Gasteiger partial charge in [-0.25, -0.2) is 14.4 Å². The van der Waals surface area contributed by atoms with Crippen LogP contribution >= 0.6 is 0 Å². The largest absolute Gasteiger partial charge is 0.490 e. The normalized spacial score (nSPS) is 17.2. The first-order valence-corrected chi connectivity index (χ1v) is 12.8. The van der Waals surface area contributed by atoms with E-state index in [1.54, 1.807) is 0 Å². The predicted octanol–water partition coefficient (Wildman–Crippen LogP) is 4.57. The Bertz CT molecular complexity index is 1170. The highest BCUT2D eigenvalue weighted by Crippen LogP contribution is 2.42. The molecule has 0 aliphatic carbocycles. The molecule has 11 nitrogen and oxygen atoms in total. The summed E-state index contributed by atoms with van der Waals surface area (Å²) in [7, 11) is 0. The zero-order chi connectivity index (χ0) is 35.2. The molecule has 0 saturated carbocycles. The average Bonchev–Trinajstić information content (AvgIpc) is 3.35. The molecule has 0 aromatic carbocycles. The molecule has 3 N–H and O–H groups in total. The number of hydrogen-bond acceptors (Lipinski definition) is 8. The fourth-order valence-corrected chi connectivity index (χ4v) is 4.01. The molecule has 2 aromatic rings. The summed E-state index contributed by atoms with van der Waals surface area (Å²) in [4.78, 5) is 37.3. The van der Waals surface area contributed by atoms with Crippen LogP contribution in [0, 0.1) is 5.92 Å². The van der Waals surface area contributed by atoms with Gasteiger partial charge in [0.2, 0.25) is 0 Å². The molecule has 1 spiro atoms. The van der Waals surface area contributed by atoms with Gasteiger partial charge in [-0.2, -0.15) is 39.5 Å². The number of carboxylic acid groups (broad SMARTS) is 3. The minimum atomic E-state index is -5.08. The highest BCUT2D eigenvalue weighted by molar-refractivity contribution is 5.73. The van der Waals surface area contributed by atoms with Crippen molar-refractivity contribution < 1.29 is 78.7 Å². The number of pyridine rings is 2. The summed E-state index contributed by atoms with van der Waals surface area (Å²) in [6.45, 7) is 5.39. The molecule has 4 heterocycles. The highest BCUT2D eigenvalue weighted by atomic mass is 19.4. The first-order chi connectivity index (χ1) is 21.2. The first-order valence-electron chi connectivity index (χ1n) is 12.8. The van der Waals surface area contributed by atoms with Crippen molar-refractivity contribution >= 4 is 17.9 Å². The van der Waals surface area contributed by atoms with Crippen molar-refractivity contribution in [1.29, 1.82) is 0 Å². The van der Waals surface area contributed by atoms with Crippen molar-refractivity contribution in [2.75, 3.05) is 26.3 Å². The van der Waals surface area contributed by atoms with Gasteiger partial charge < -0.3 is 24.8 Å². The lowest BCUT2D eigenvalue weighted by atomic mass is 9.79. The monoisotopic (exact) mass is 681 g/mol. The van der Waals surface area contributed by atoms with Gasteiger partial charge in [-0.1, -0.05) is 0 Å². The van der Waals surface area contributed by atoms with Crippen LogP contribution in [-0.4, -0.2) is 98.5 Å². The van der Waals surface area contributed by atoms with Crippen LogP contribution in [0.25, 0.3) is 0 Å². The van der Waals surface area contributed by atoms with Gasteiger partial charge in [-0.3, -0.25) is 14.9 Å². The van der Waals surface area contributed by atoms with Crippen LogP contribution in [-0.2, 0) is 37.0 Å². The van der Waals surface area contributed by atoms with Gasteiger partial charge in [0.25, 0.3) is 0 Å².